The van der Waals surface area contributed by atoms with Crippen LogP contribution in [0, 0.1) is 5.82 Å². The lowest BCUT2D eigenvalue weighted by atomic mass is 10.00. The lowest BCUT2D eigenvalue weighted by molar-refractivity contribution is 0.0750. The lowest BCUT2D eigenvalue weighted by Gasteiger charge is -2.35. The van der Waals surface area contributed by atoms with Gasteiger partial charge in [0.05, 0.1) is 17.5 Å². The van der Waals surface area contributed by atoms with Crippen LogP contribution in [0.4, 0.5) is 10.3 Å². The number of aromatic hydroxyl groups is 2. The van der Waals surface area contributed by atoms with E-state index in [2.05, 4.69) is 15.0 Å². The van der Waals surface area contributed by atoms with E-state index in [0.29, 0.717) is 48.5 Å². The molecule has 0 radical (unpaired) electrons. The monoisotopic (exact) mass is 498 g/mol. The second-order valence-corrected chi connectivity index (χ2v) is 8.95. The second-order valence-electron chi connectivity index (χ2n) is 8.95. The molecular weight excluding hydrogens is 475 g/mol. The van der Waals surface area contributed by atoms with Gasteiger partial charge < -0.3 is 24.6 Å². The van der Waals surface area contributed by atoms with Crippen molar-refractivity contribution < 1.29 is 19.4 Å². The Morgan fingerprint density at radius 2 is 1.59 bits per heavy atom. The van der Waals surface area contributed by atoms with Crippen molar-refractivity contribution in [3.05, 3.63) is 84.2 Å². The number of fused-ring (bicyclic) bond motifs is 2. The highest BCUT2D eigenvalue weighted by Crippen LogP contribution is 2.43. The number of hydrogen-bond donors (Lipinski definition) is 2. The predicted molar refractivity (Wildman–Crippen MR) is 136 cm³/mol. The number of phenols is 1. The number of halogens is 1. The number of carbonyl (C=O) groups excluding carboxylic acids is 1. The van der Waals surface area contributed by atoms with Crippen molar-refractivity contribution in [1.82, 2.24) is 24.4 Å². The van der Waals surface area contributed by atoms with E-state index < -0.39 is 0 Å². The fourth-order valence-corrected chi connectivity index (χ4v) is 4.89. The van der Waals surface area contributed by atoms with Crippen LogP contribution in [0.2, 0.25) is 0 Å². The van der Waals surface area contributed by atoms with E-state index in [1.54, 1.807) is 53.8 Å². The summed E-state index contributed by atoms with van der Waals surface area (Å²) in [7, 11) is 0. The Hall–Kier alpha value is -4.73. The van der Waals surface area contributed by atoms with Crippen molar-refractivity contribution in [3.63, 3.8) is 0 Å². The Morgan fingerprint density at radius 1 is 0.892 bits per heavy atom. The lowest BCUT2D eigenvalue weighted by Crippen LogP contribution is -2.49. The summed E-state index contributed by atoms with van der Waals surface area (Å²) in [5.41, 5.74) is 1.37. The number of piperazine rings is 1. The van der Waals surface area contributed by atoms with Crippen LogP contribution < -0.4 is 4.90 Å². The van der Waals surface area contributed by atoms with Gasteiger partial charge >= 0.3 is 0 Å². The summed E-state index contributed by atoms with van der Waals surface area (Å²) in [6.45, 7) is 2.30. The number of anilines is 1. The van der Waals surface area contributed by atoms with Gasteiger partial charge in [0.1, 0.15) is 11.3 Å². The summed E-state index contributed by atoms with van der Waals surface area (Å²) in [5, 5.41) is 23.2. The number of carbonyl (C=O) groups is 1. The molecule has 0 unspecified atom stereocenters. The van der Waals surface area contributed by atoms with Crippen molar-refractivity contribution >= 4 is 33.5 Å². The summed E-state index contributed by atoms with van der Waals surface area (Å²) in [6.07, 6.45) is 6.57. The van der Waals surface area contributed by atoms with Crippen LogP contribution in [0.15, 0.2) is 67.3 Å². The Labute approximate surface area is 211 Å². The maximum absolute atomic E-state index is 13.9. The molecule has 37 heavy (non-hydrogen) atoms. The largest absolute Gasteiger partial charge is 0.505 e. The highest BCUT2D eigenvalue weighted by molar-refractivity contribution is 6.21. The van der Waals surface area contributed by atoms with Gasteiger partial charge in [-0.25, -0.2) is 14.4 Å². The molecule has 1 aliphatic heterocycles. The number of rotatable bonds is 4. The average Bonchev–Trinajstić information content (AvgIpc) is 3.26. The fourth-order valence-electron chi connectivity index (χ4n) is 4.89. The number of pyridine rings is 1. The van der Waals surface area contributed by atoms with Crippen molar-refractivity contribution in [2.45, 2.75) is 6.54 Å². The van der Waals surface area contributed by atoms with Gasteiger partial charge in [0, 0.05) is 61.7 Å². The van der Waals surface area contributed by atoms with Crippen molar-refractivity contribution in [3.8, 4) is 11.6 Å². The first-order valence-electron chi connectivity index (χ1n) is 11.9. The molecule has 4 heterocycles. The van der Waals surface area contributed by atoms with E-state index in [1.807, 2.05) is 4.90 Å². The normalized spacial score (nSPS) is 14.0. The molecule has 6 rings (SSSR count). The molecule has 2 aromatic carbocycles. The zero-order valence-electron chi connectivity index (χ0n) is 19.8. The Kier molecular flexibility index (Phi) is 5.56. The van der Waals surface area contributed by atoms with Gasteiger partial charge in [0.25, 0.3) is 5.91 Å². The molecule has 186 valence electrons. The molecule has 0 aliphatic carbocycles. The molecule has 0 atom stereocenters. The van der Waals surface area contributed by atoms with Gasteiger partial charge in [0.2, 0.25) is 11.8 Å². The average molecular weight is 499 g/mol. The SMILES string of the molecule is O=C(c1c2cccnc2c(O)c2c(O)n(Cc3ccc(F)cc3)cc12)N1CCN(c2ncccn2)CC1. The van der Waals surface area contributed by atoms with Crippen LogP contribution in [-0.4, -0.2) is 66.7 Å². The van der Waals surface area contributed by atoms with Crippen LogP contribution in [0.25, 0.3) is 21.7 Å². The van der Waals surface area contributed by atoms with Gasteiger partial charge in [-0.05, 0) is 29.8 Å². The Morgan fingerprint density at radius 3 is 2.32 bits per heavy atom. The number of nitrogens with zero attached hydrogens (tertiary/aromatic N) is 6. The molecule has 1 amide bonds. The van der Waals surface area contributed by atoms with Gasteiger partial charge in [-0.1, -0.05) is 18.2 Å². The molecule has 5 aromatic rings. The molecule has 0 spiro atoms. The maximum Gasteiger partial charge on any atom is 0.255 e. The van der Waals surface area contributed by atoms with Crippen molar-refractivity contribution in [2.24, 2.45) is 0 Å². The first-order chi connectivity index (χ1) is 18.0. The minimum absolute atomic E-state index is 0.160. The number of aromatic nitrogens is 4. The van der Waals surface area contributed by atoms with Crippen LogP contribution in [0.3, 0.4) is 0 Å². The van der Waals surface area contributed by atoms with Crippen LogP contribution in [0.1, 0.15) is 15.9 Å². The number of hydrogen-bond acceptors (Lipinski definition) is 7. The van der Waals surface area contributed by atoms with Gasteiger partial charge in [-0.2, -0.15) is 0 Å². The smallest absolute Gasteiger partial charge is 0.255 e. The third-order valence-corrected chi connectivity index (χ3v) is 6.74. The highest BCUT2D eigenvalue weighted by atomic mass is 19.1. The van der Waals surface area contributed by atoms with E-state index >= 15 is 0 Å². The molecule has 1 saturated heterocycles. The first kappa shape index (κ1) is 22.7. The summed E-state index contributed by atoms with van der Waals surface area (Å²) >= 11 is 0. The van der Waals surface area contributed by atoms with E-state index in [9.17, 15) is 19.4 Å². The van der Waals surface area contributed by atoms with E-state index in [1.165, 1.54) is 22.9 Å². The van der Waals surface area contributed by atoms with Crippen molar-refractivity contribution in [2.75, 3.05) is 31.1 Å². The summed E-state index contributed by atoms with van der Waals surface area (Å²) in [5.74, 6) is -0.324. The van der Waals surface area contributed by atoms with Crippen LogP contribution in [0.5, 0.6) is 11.6 Å². The van der Waals surface area contributed by atoms with Gasteiger partial charge in [-0.3, -0.25) is 9.78 Å². The molecule has 1 aliphatic rings. The minimum atomic E-state index is -0.354. The minimum Gasteiger partial charge on any atom is -0.505 e. The third kappa shape index (κ3) is 3.96. The quantitative estimate of drug-likeness (QED) is 0.390. The van der Waals surface area contributed by atoms with E-state index in [-0.39, 0.29) is 40.8 Å². The van der Waals surface area contributed by atoms with Crippen LogP contribution >= 0.6 is 0 Å². The molecule has 10 heteroatoms. The summed E-state index contributed by atoms with van der Waals surface area (Å²) < 4.78 is 14.9. The zero-order chi connectivity index (χ0) is 25.5. The number of amides is 1. The zero-order valence-corrected chi connectivity index (χ0v) is 19.8. The molecule has 1 fully saturated rings. The third-order valence-electron chi connectivity index (χ3n) is 6.74. The molecular formula is C27H23FN6O3. The molecule has 0 bridgehead atoms. The molecule has 3 aromatic heterocycles. The summed E-state index contributed by atoms with van der Waals surface area (Å²) in [4.78, 5) is 30.6. The first-order valence-corrected chi connectivity index (χ1v) is 11.9. The molecule has 0 saturated carbocycles. The van der Waals surface area contributed by atoms with Gasteiger partial charge in [-0.15, -0.1) is 0 Å². The van der Waals surface area contributed by atoms with E-state index in [4.69, 9.17) is 0 Å². The highest BCUT2D eigenvalue weighted by Gasteiger charge is 2.29. The van der Waals surface area contributed by atoms with Crippen LogP contribution in [-0.2, 0) is 6.54 Å². The second kappa shape index (κ2) is 9.05. The standard InChI is InChI=1S/C27H23FN6O3/c28-18-6-4-17(5-7-18)15-34-16-20-21(19-3-1-8-29-23(19)24(35)22(20)26(34)37)25(36)32-11-13-33(14-12-32)27-30-9-2-10-31-27/h1-10,16,35,37H,11-15H2. The Bertz CT molecular complexity index is 1610. The molecule has 2 N–H and O–H groups in total. The number of benzene rings is 2. The predicted octanol–water partition coefficient (Wildman–Crippen LogP) is 3.54. The van der Waals surface area contributed by atoms with Crippen molar-refractivity contribution in [1.29, 1.82) is 0 Å². The Balaban J connectivity index is 1.40. The molecule has 9 nitrogen and oxygen atoms in total. The van der Waals surface area contributed by atoms with E-state index in [0.717, 1.165) is 5.56 Å². The summed E-state index contributed by atoms with van der Waals surface area (Å²) in [6, 6.07) is 11.2. The number of phenolic OH excluding ortho intramolecular Hbond substituents is 1. The van der Waals surface area contributed by atoms with Gasteiger partial charge in [0.15, 0.2) is 5.75 Å². The fraction of sp³-hybridized carbons (Fsp3) is 0.185. The topological polar surface area (TPSA) is 108 Å². The maximum atomic E-state index is 13.9.